The van der Waals surface area contributed by atoms with Crippen molar-refractivity contribution in [1.82, 2.24) is 15.0 Å². The van der Waals surface area contributed by atoms with Crippen LogP contribution < -0.4 is 4.74 Å². The fourth-order valence-corrected chi connectivity index (χ4v) is 2.11. The van der Waals surface area contributed by atoms with Crippen LogP contribution in [0.1, 0.15) is 25.1 Å². The second-order valence-corrected chi connectivity index (χ2v) is 5.73. The van der Waals surface area contributed by atoms with E-state index >= 15 is 0 Å². The van der Waals surface area contributed by atoms with Crippen LogP contribution in [-0.2, 0) is 12.1 Å². The molecule has 0 radical (unpaired) electrons. The molecular weight excluding hydrogens is 310 g/mol. The Hall–Kier alpha value is -1.40. The van der Waals surface area contributed by atoms with Crippen molar-refractivity contribution in [3.8, 4) is 5.75 Å². The average molecular weight is 326 g/mol. The molecule has 0 aliphatic carbocycles. The van der Waals surface area contributed by atoms with Crippen LogP contribution >= 0.6 is 15.9 Å². The quantitative estimate of drug-likeness (QED) is 0.937. The van der Waals surface area contributed by atoms with Crippen molar-refractivity contribution in [1.29, 1.82) is 0 Å². The minimum Gasteiger partial charge on any atom is -0.496 e. The fourth-order valence-electron chi connectivity index (χ4n) is 1.70. The summed E-state index contributed by atoms with van der Waals surface area (Å²) in [5.41, 5.74) is 0.546. The van der Waals surface area contributed by atoms with E-state index < -0.39 is 5.60 Å². The monoisotopic (exact) mass is 325 g/mol. The van der Waals surface area contributed by atoms with Crippen molar-refractivity contribution in [3.63, 3.8) is 0 Å². The molecule has 0 fully saturated rings. The summed E-state index contributed by atoms with van der Waals surface area (Å²) < 4.78 is 7.97. The van der Waals surface area contributed by atoms with E-state index in [1.165, 1.54) is 0 Å². The highest BCUT2D eigenvalue weighted by molar-refractivity contribution is 9.10. The van der Waals surface area contributed by atoms with Gasteiger partial charge in [-0.1, -0.05) is 21.1 Å². The van der Waals surface area contributed by atoms with Gasteiger partial charge in [0, 0.05) is 10.0 Å². The van der Waals surface area contributed by atoms with Crippen LogP contribution in [0.4, 0.5) is 0 Å². The molecule has 5 nitrogen and oxygen atoms in total. The molecule has 0 spiro atoms. The Morgan fingerprint density at radius 2 is 2.16 bits per heavy atom. The number of hydrogen-bond acceptors (Lipinski definition) is 4. The van der Waals surface area contributed by atoms with E-state index in [0.29, 0.717) is 12.2 Å². The molecule has 6 heteroatoms. The van der Waals surface area contributed by atoms with Crippen LogP contribution in [0.25, 0.3) is 0 Å². The minimum absolute atomic E-state index is 0.533. The number of halogens is 1. The Morgan fingerprint density at radius 1 is 1.42 bits per heavy atom. The normalized spacial score (nSPS) is 11.6. The summed E-state index contributed by atoms with van der Waals surface area (Å²) in [7, 11) is 1.64. The van der Waals surface area contributed by atoms with Crippen LogP contribution in [0.3, 0.4) is 0 Å². The highest BCUT2D eigenvalue weighted by atomic mass is 79.9. The number of aromatic nitrogens is 3. The molecule has 2 rings (SSSR count). The molecule has 19 heavy (non-hydrogen) atoms. The summed E-state index contributed by atoms with van der Waals surface area (Å²) in [4.78, 5) is 0. The maximum Gasteiger partial charge on any atom is 0.124 e. The van der Waals surface area contributed by atoms with Gasteiger partial charge in [0.1, 0.15) is 17.0 Å². The molecule has 1 aromatic carbocycles. The highest BCUT2D eigenvalue weighted by Gasteiger charge is 2.20. The molecule has 0 bridgehead atoms. The van der Waals surface area contributed by atoms with Gasteiger partial charge < -0.3 is 9.84 Å². The third-order valence-electron chi connectivity index (χ3n) is 2.74. The van der Waals surface area contributed by atoms with Gasteiger partial charge in [0.25, 0.3) is 0 Å². The highest BCUT2D eigenvalue weighted by Crippen LogP contribution is 2.24. The molecule has 1 aromatic heterocycles. The molecule has 1 heterocycles. The van der Waals surface area contributed by atoms with Gasteiger partial charge in [-0.2, -0.15) is 0 Å². The molecular formula is C13H16BrN3O2. The Labute approximate surface area is 120 Å². The molecule has 0 unspecified atom stereocenters. The smallest absolute Gasteiger partial charge is 0.124 e. The summed E-state index contributed by atoms with van der Waals surface area (Å²) >= 11 is 3.43. The van der Waals surface area contributed by atoms with Crippen molar-refractivity contribution in [3.05, 3.63) is 40.1 Å². The second-order valence-electron chi connectivity index (χ2n) is 4.82. The van der Waals surface area contributed by atoms with Crippen molar-refractivity contribution >= 4 is 15.9 Å². The van der Waals surface area contributed by atoms with Crippen LogP contribution in [0.15, 0.2) is 28.9 Å². The predicted molar refractivity (Wildman–Crippen MR) is 75.1 cm³/mol. The second kappa shape index (κ2) is 5.30. The first-order chi connectivity index (χ1) is 8.90. The lowest BCUT2D eigenvalue weighted by Gasteiger charge is -2.12. The summed E-state index contributed by atoms with van der Waals surface area (Å²) in [6.07, 6.45) is 1.74. The zero-order valence-electron chi connectivity index (χ0n) is 11.1. The summed E-state index contributed by atoms with van der Waals surface area (Å²) in [6, 6.07) is 5.80. The molecule has 0 aliphatic heterocycles. The summed E-state index contributed by atoms with van der Waals surface area (Å²) in [5, 5.41) is 17.9. The SMILES string of the molecule is COc1ccc(Br)cc1Cn1cc(C(C)(C)O)nn1. The van der Waals surface area contributed by atoms with E-state index in [4.69, 9.17) is 4.74 Å². The largest absolute Gasteiger partial charge is 0.496 e. The summed E-state index contributed by atoms with van der Waals surface area (Å²) in [6.45, 7) is 3.90. The molecule has 0 aliphatic rings. The number of benzene rings is 1. The van der Waals surface area contributed by atoms with E-state index in [0.717, 1.165) is 15.8 Å². The topological polar surface area (TPSA) is 60.2 Å². The van der Waals surface area contributed by atoms with Gasteiger partial charge >= 0.3 is 0 Å². The van der Waals surface area contributed by atoms with Gasteiger partial charge in [-0.25, -0.2) is 4.68 Å². The lowest BCUT2D eigenvalue weighted by Crippen LogP contribution is -2.15. The first kappa shape index (κ1) is 14.0. The average Bonchev–Trinajstić information content (AvgIpc) is 2.77. The lowest BCUT2D eigenvalue weighted by atomic mass is 10.1. The first-order valence-corrected chi connectivity index (χ1v) is 6.65. The van der Waals surface area contributed by atoms with E-state index in [2.05, 4.69) is 26.2 Å². The van der Waals surface area contributed by atoms with Gasteiger partial charge in [0.15, 0.2) is 0 Å². The minimum atomic E-state index is -0.987. The van der Waals surface area contributed by atoms with E-state index in [-0.39, 0.29) is 0 Å². The van der Waals surface area contributed by atoms with Crippen LogP contribution in [0.5, 0.6) is 5.75 Å². The van der Waals surface area contributed by atoms with E-state index in [9.17, 15) is 5.11 Å². The third kappa shape index (κ3) is 3.33. The van der Waals surface area contributed by atoms with Crippen molar-refractivity contribution < 1.29 is 9.84 Å². The maximum absolute atomic E-state index is 9.87. The number of methoxy groups -OCH3 is 1. The molecule has 0 atom stereocenters. The number of hydrogen-bond donors (Lipinski definition) is 1. The van der Waals surface area contributed by atoms with Crippen molar-refractivity contribution in [2.45, 2.75) is 26.0 Å². The molecule has 102 valence electrons. The number of nitrogens with zero attached hydrogens (tertiary/aromatic N) is 3. The standard InChI is InChI=1S/C13H16BrN3O2/c1-13(2,18)12-8-17(16-15-12)7-9-6-10(14)4-5-11(9)19-3/h4-6,8,18H,7H2,1-3H3. The van der Waals surface area contributed by atoms with Crippen molar-refractivity contribution in [2.24, 2.45) is 0 Å². The Balaban J connectivity index is 2.26. The number of aliphatic hydroxyl groups is 1. The molecule has 0 saturated heterocycles. The van der Waals surface area contributed by atoms with Gasteiger partial charge in [0.05, 0.1) is 19.9 Å². The molecule has 0 amide bonds. The number of ether oxygens (including phenoxy) is 1. The predicted octanol–water partition coefficient (Wildman–Crippen LogP) is 2.32. The lowest BCUT2D eigenvalue weighted by molar-refractivity contribution is 0.0737. The zero-order valence-corrected chi connectivity index (χ0v) is 12.7. The molecule has 0 saturated carbocycles. The third-order valence-corrected chi connectivity index (χ3v) is 3.23. The fraction of sp³-hybridized carbons (Fsp3) is 0.385. The van der Waals surface area contributed by atoms with Gasteiger partial charge in [-0.15, -0.1) is 5.10 Å². The van der Waals surface area contributed by atoms with Crippen LogP contribution in [0, 0.1) is 0 Å². The van der Waals surface area contributed by atoms with E-state index in [1.807, 2.05) is 18.2 Å². The van der Waals surface area contributed by atoms with Crippen LogP contribution in [0.2, 0.25) is 0 Å². The maximum atomic E-state index is 9.87. The summed E-state index contributed by atoms with van der Waals surface area (Å²) in [5.74, 6) is 0.795. The molecule has 1 N–H and O–H groups in total. The van der Waals surface area contributed by atoms with Crippen molar-refractivity contribution in [2.75, 3.05) is 7.11 Å². The Kier molecular flexibility index (Phi) is 3.91. The molecule has 2 aromatic rings. The van der Waals surface area contributed by atoms with Crippen LogP contribution in [-0.4, -0.2) is 27.2 Å². The van der Waals surface area contributed by atoms with Gasteiger partial charge in [-0.3, -0.25) is 0 Å². The Morgan fingerprint density at radius 3 is 2.74 bits per heavy atom. The Bertz CT molecular complexity index is 576. The van der Waals surface area contributed by atoms with Gasteiger partial charge in [-0.05, 0) is 32.0 Å². The first-order valence-electron chi connectivity index (χ1n) is 5.85. The van der Waals surface area contributed by atoms with E-state index in [1.54, 1.807) is 31.8 Å². The number of rotatable bonds is 4. The zero-order chi connectivity index (χ0) is 14.0. The van der Waals surface area contributed by atoms with Gasteiger partial charge in [0.2, 0.25) is 0 Å².